The molecule has 2 heterocycles. The highest BCUT2D eigenvalue weighted by Crippen LogP contribution is 2.34. The van der Waals surface area contributed by atoms with E-state index < -0.39 is 8.07 Å². The van der Waals surface area contributed by atoms with E-state index in [0.717, 1.165) is 6.54 Å². The first kappa shape index (κ1) is 8.82. The van der Waals surface area contributed by atoms with Gasteiger partial charge in [0.15, 0.2) is 0 Å². The summed E-state index contributed by atoms with van der Waals surface area (Å²) in [6.07, 6.45) is 4.42. The predicted molar refractivity (Wildman–Crippen MR) is 59.8 cm³/mol. The van der Waals surface area contributed by atoms with Crippen LogP contribution in [-0.2, 0) is 0 Å². The number of aliphatic imine (C=N–C) groups is 1. The normalized spacial score (nSPS) is 28.6. The molecule has 0 aromatic rings. The van der Waals surface area contributed by atoms with Crippen LogP contribution in [0.2, 0.25) is 18.6 Å². The number of nitrogens with zero attached hydrogens (tertiary/aromatic N) is 1. The first-order valence-corrected chi connectivity index (χ1v) is 8.89. The number of hydrogen-bond acceptors (Lipinski definition) is 2. The third-order valence-electron chi connectivity index (χ3n) is 3.06. The molecule has 0 amide bonds. The predicted octanol–water partition coefficient (Wildman–Crippen LogP) is 2.93. The molecule has 0 radical (unpaired) electrons. The second-order valence-corrected chi connectivity index (χ2v) is 10.2. The average molecular weight is 199 g/mol. The van der Waals surface area contributed by atoms with Gasteiger partial charge in [-0.15, -0.1) is 11.8 Å². The van der Waals surface area contributed by atoms with Gasteiger partial charge in [-0.3, -0.25) is 4.99 Å². The highest BCUT2D eigenvalue weighted by atomic mass is 32.2. The van der Waals surface area contributed by atoms with Crippen LogP contribution in [0, 0.1) is 0 Å². The summed E-state index contributed by atoms with van der Waals surface area (Å²) >= 11 is 2.06. The van der Waals surface area contributed by atoms with Gasteiger partial charge in [0.1, 0.15) is 8.07 Å². The van der Waals surface area contributed by atoms with Gasteiger partial charge in [0.2, 0.25) is 0 Å². The number of thioether (sulfide) groups is 1. The lowest BCUT2D eigenvalue weighted by Gasteiger charge is -2.30. The Morgan fingerprint density at radius 3 is 2.58 bits per heavy atom. The Labute approximate surface area is 80.0 Å². The Kier molecular flexibility index (Phi) is 2.60. The molecular formula is C9H17NSSi. The van der Waals surface area contributed by atoms with E-state index in [2.05, 4.69) is 23.3 Å². The van der Waals surface area contributed by atoms with Crippen molar-refractivity contribution in [3.05, 3.63) is 0 Å². The van der Waals surface area contributed by atoms with Crippen molar-refractivity contribution in [2.45, 2.75) is 37.9 Å². The molecule has 0 aliphatic carbocycles. The summed E-state index contributed by atoms with van der Waals surface area (Å²) in [6, 6.07) is 3.03. The van der Waals surface area contributed by atoms with Crippen LogP contribution in [0.4, 0.5) is 0 Å². The SMILES string of the molecule is C[Si]1(C2=NCCS2)CCCCC1. The van der Waals surface area contributed by atoms with Gasteiger partial charge in [0.05, 0.1) is 0 Å². The molecule has 2 aliphatic heterocycles. The van der Waals surface area contributed by atoms with Crippen LogP contribution in [0.25, 0.3) is 0 Å². The Hall–Kier alpha value is 0.237. The summed E-state index contributed by atoms with van der Waals surface area (Å²) in [5.74, 6) is 1.26. The summed E-state index contributed by atoms with van der Waals surface area (Å²) in [5, 5.41) is 0. The fourth-order valence-corrected chi connectivity index (χ4v) is 8.35. The van der Waals surface area contributed by atoms with E-state index in [1.165, 1.54) is 37.1 Å². The van der Waals surface area contributed by atoms with Crippen molar-refractivity contribution in [2.75, 3.05) is 12.3 Å². The monoisotopic (exact) mass is 199 g/mol. The van der Waals surface area contributed by atoms with E-state index in [1.54, 1.807) is 4.67 Å². The topological polar surface area (TPSA) is 12.4 Å². The van der Waals surface area contributed by atoms with Crippen LogP contribution in [0.5, 0.6) is 0 Å². The lowest BCUT2D eigenvalue weighted by molar-refractivity contribution is 0.719. The zero-order chi connectivity index (χ0) is 8.44. The summed E-state index contributed by atoms with van der Waals surface area (Å²) < 4.78 is 1.60. The molecule has 1 fully saturated rings. The Bertz CT molecular complexity index is 197. The largest absolute Gasteiger partial charge is 0.287 e. The molecule has 1 nitrogen and oxygen atoms in total. The smallest absolute Gasteiger partial charge is 0.115 e. The lowest BCUT2D eigenvalue weighted by Crippen LogP contribution is -2.40. The maximum Gasteiger partial charge on any atom is 0.115 e. The maximum absolute atomic E-state index is 4.67. The van der Waals surface area contributed by atoms with Crippen LogP contribution < -0.4 is 0 Å². The van der Waals surface area contributed by atoms with Crippen LogP contribution in [-0.4, -0.2) is 25.0 Å². The van der Waals surface area contributed by atoms with Gasteiger partial charge in [0.25, 0.3) is 0 Å². The number of hydrogen-bond donors (Lipinski definition) is 0. The van der Waals surface area contributed by atoms with Gasteiger partial charge in [0, 0.05) is 17.0 Å². The van der Waals surface area contributed by atoms with Crippen molar-refractivity contribution in [3.63, 3.8) is 0 Å². The molecule has 0 unspecified atom stereocenters. The van der Waals surface area contributed by atoms with Crippen molar-refractivity contribution in [2.24, 2.45) is 4.99 Å². The molecule has 0 saturated carbocycles. The van der Waals surface area contributed by atoms with Gasteiger partial charge in [-0.1, -0.05) is 37.9 Å². The minimum Gasteiger partial charge on any atom is -0.287 e. The van der Waals surface area contributed by atoms with Crippen LogP contribution in [0.15, 0.2) is 4.99 Å². The minimum atomic E-state index is -0.991. The summed E-state index contributed by atoms with van der Waals surface area (Å²) in [7, 11) is -0.991. The molecule has 12 heavy (non-hydrogen) atoms. The van der Waals surface area contributed by atoms with Crippen molar-refractivity contribution in [3.8, 4) is 0 Å². The zero-order valence-corrected chi connectivity index (χ0v) is 9.62. The van der Waals surface area contributed by atoms with Crippen LogP contribution in [0.1, 0.15) is 19.3 Å². The van der Waals surface area contributed by atoms with Crippen molar-refractivity contribution < 1.29 is 0 Å². The van der Waals surface area contributed by atoms with E-state index in [4.69, 9.17) is 0 Å². The van der Waals surface area contributed by atoms with Gasteiger partial charge in [-0.2, -0.15) is 0 Å². The first-order valence-electron chi connectivity index (χ1n) is 4.99. The minimum absolute atomic E-state index is 0.991. The molecule has 0 N–H and O–H groups in total. The lowest BCUT2D eigenvalue weighted by atomic mass is 10.3. The Morgan fingerprint density at radius 2 is 2.00 bits per heavy atom. The Morgan fingerprint density at radius 1 is 1.25 bits per heavy atom. The van der Waals surface area contributed by atoms with Crippen molar-refractivity contribution >= 4 is 24.5 Å². The van der Waals surface area contributed by atoms with E-state index >= 15 is 0 Å². The molecule has 0 aromatic heterocycles. The third kappa shape index (κ3) is 1.62. The van der Waals surface area contributed by atoms with Crippen molar-refractivity contribution in [1.29, 1.82) is 0 Å². The second kappa shape index (κ2) is 3.54. The average Bonchev–Trinajstić information content (AvgIpc) is 2.58. The summed E-state index contributed by atoms with van der Waals surface area (Å²) in [4.78, 5) is 4.67. The molecule has 0 aromatic carbocycles. The first-order chi connectivity index (χ1) is 5.81. The van der Waals surface area contributed by atoms with Gasteiger partial charge in [-0.25, -0.2) is 0 Å². The van der Waals surface area contributed by atoms with Gasteiger partial charge < -0.3 is 0 Å². The zero-order valence-electron chi connectivity index (χ0n) is 7.81. The molecule has 0 bridgehead atoms. The molecular weight excluding hydrogens is 182 g/mol. The molecule has 0 spiro atoms. The quantitative estimate of drug-likeness (QED) is 0.592. The molecule has 1 saturated heterocycles. The molecule has 3 heteroatoms. The molecule has 68 valence electrons. The molecule has 2 rings (SSSR count). The van der Waals surface area contributed by atoms with E-state index in [0.29, 0.717) is 0 Å². The number of rotatable bonds is 1. The van der Waals surface area contributed by atoms with Gasteiger partial charge >= 0.3 is 0 Å². The van der Waals surface area contributed by atoms with E-state index in [1.807, 2.05) is 0 Å². The maximum atomic E-state index is 4.67. The van der Waals surface area contributed by atoms with E-state index in [-0.39, 0.29) is 0 Å². The highest BCUT2D eigenvalue weighted by Gasteiger charge is 2.36. The molecule has 0 atom stereocenters. The fraction of sp³-hybridized carbons (Fsp3) is 0.889. The fourth-order valence-electron chi connectivity index (χ4n) is 2.25. The Balaban J connectivity index is 2.07. The second-order valence-electron chi connectivity index (χ2n) is 4.16. The summed E-state index contributed by atoms with van der Waals surface area (Å²) in [6.45, 7) is 3.64. The van der Waals surface area contributed by atoms with E-state index in [9.17, 15) is 0 Å². The summed E-state index contributed by atoms with van der Waals surface area (Å²) in [5.41, 5.74) is 0. The third-order valence-corrected chi connectivity index (χ3v) is 9.86. The molecule has 2 aliphatic rings. The van der Waals surface area contributed by atoms with Crippen LogP contribution in [0.3, 0.4) is 0 Å². The van der Waals surface area contributed by atoms with Crippen molar-refractivity contribution in [1.82, 2.24) is 0 Å². The standard InChI is InChI=1S/C9H17NSSi/c1-12(7-3-2-4-8-12)9-10-5-6-11-9/h2-8H2,1H3. The highest BCUT2D eigenvalue weighted by molar-refractivity contribution is 8.18. The van der Waals surface area contributed by atoms with Gasteiger partial charge in [-0.05, 0) is 0 Å². The van der Waals surface area contributed by atoms with Crippen LogP contribution >= 0.6 is 11.8 Å².